The first-order valence-corrected chi connectivity index (χ1v) is 10.1. The van der Waals surface area contributed by atoms with E-state index in [1.165, 1.54) is 12.1 Å². The Morgan fingerprint density at radius 3 is 2.47 bits per heavy atom. The van der Waals surface area contributed by atoms with Crippen LogP contribution in [-0.4, -0.2) is 37.5 Å². The molecule has 0 saturated heterocycles. The Kier molecular flexibility index (Phi) is 9.44. The normalized spacial score (nSPS) is 10.2. The predicted molar refractivity (Wildman–Crippen MR) is 115 cm³/mol. The number of benzene rings is 2. The number of rotatable bonds is 10. The van der Waals surface area contributed by atoms with E-state index in [1.807, 2.05) is 0 Å². The minimum absolute atomic E-state index is 0.299. The van der Waals surface area contributed by atoms with Crippen molar-refractivity contribution in [2.75, 3.05) is 25.1 Å². The number of esters is 1. The quantitative estimate of drug-likeness (QED) is 0.418. The Balaban J connectivity index is 1.72. The van der Waals surface area contributed by atoms with Crippen LogP contribution in [0.5, 0.6) is 5.75 Å². The van der Waals surface area contributed by atoms with E-state index in [-0.39, 0.29) is 6.54 Å². The summed E-state index contributed by atoms with van der Waals surface area (Å²) in [7, 11) is 0. The molecule has 0 aliphatic rings. The fourth-order valence-corrected chi connectivity index (χ4v) is 2.60. The van der Waals surface area contributed by atoms with Crippen molar-refractivity contribution < 1.29 is 23.9 Å². The highest BCUT2D eigenvalue weighted by Gasteiger charge is 2.12. The Bertz CT molecular complexity index is 887. The van der Waals surface area contributed by atoms with E-state index in [2.05, 4.69) is 17.6 Å². The molecule has 0 bridgehead atoms. The fourth-order valence-electron chi connectivity index (χ4n) is 2.27. The molecular weight excluding hydrogens is 431 g/mol. The number of unbranched alkanes of at least 4 members (excludes halogenated alkanes) is 1. The van der Waals surface area contributed by atoms with Crippen molar-refractivity contribution in [3.8, 4) is 5.75 Å². The molecule has 0 radical (unpaired) electrons. The van der Waals surface area contributed by atoms with Crippen LogP contribution in [0.2, 0.25) is 10.0 Å². The van der Waals surface area contributed by atoms with Crippen LogP contribution in [0, 0.1) is 0 Å². The van der Waals surface area contributed by atoms with Crippen molar-refractivity contribution in [2.24, 2.45) is 0 Å². The highest BCUT2D eigenvalue weighted by molar-refractivity contribution is 6.35. The number of hydrogen-bond donors (Lipinski definition) is 2. The molecular formula is C21H22Cl2N2O5. The summed E-state index contributed by atoms with van der Waals surface area (Å²) in [6, 6.07) is 11.2. The third-order valence-electron chi connectivity index (χ3n) is 3.84. The number of halogens is 2. The largest absolute Gasteiger partial charge is 0.494 e. The molecule has 0 fully saturated rings. The van der Waals surface area contributed by atoms with Gasteiger partial charge in [0, 0.05) is 10.6 Å². The molecule has 0 unspecified atom stereocenters. The SMILES string of the molecule is CCCCOc1ccc(C(=O)NCC(=O)OCC(=O)Nc2cc(Cl)ccc2Cl)cc1. The minimum atomic E-state index is -0.754. The molecule has 0 heterocycles. The Hall–Kier alpha value is -2.77. The second kappa shape index (κ2) is 12.0. The van der Waals surface area contributed by atoms with Crippen LogP contribution in [0.1, 0.15) is 30.1 Å². The van der Waals surface area contributed by atoms with Crippen LogP contribution in [0.3, 0.4) is 0 Å². The van der Waals surface area contributed by atoms with Gasteiger partial charge in [-0.15, -0.1) is 0 Å². The van der Waals surface area contributed by atoms with Crippen molar-refractivity contribution >= 4 is 46.7 Å². The zero-order chi connectivity index (χ0) is 21.9. The molecule has 7 nitrogen and oxygen atoms in total. The van der Waals surface area contributed by atoms with Gasteiger partial charge in [-0.1, -0.05) is 36.5 Å². The molecule has 9 heteroatoms. The Labute approximate surface area is 184 Å². The van der Waals surface area contributed by atoms with E-state index in [4.69, 9.17) is 32.7 Å². The third-order valence-corrected chi connectivity index (χ3v) is 4.41. The molecule has 2 aromatic rings. The lowest BCUT2D eigenvalue weighted by Crippen LogP contribution is -2.32. The molecule has 30 heavy (non-hydrogen) atoms. The van der Waals surface area contributed by atoms with E-state index < -0.39 is 24.4 Å². The Morgan fingerprint density at radius 2 is 1.77 bits per heavy atom. The van der Waals surface area contributed by atoms with Crippen molar-refractivity contribution in [1.29, 1.82) is 0 Å². The molecule has 0 aliphatic carbocycles. The first-order chi connectivity index (χ1) is 14.4. The molecule has 0 aliphatic heterocycles. The van der Waals surface area contributed by atoms with Crippen LogP contribution >= 0.6 is 23.2 Å². The molecule has 2 amide bonds. The molecule has 0 atom stereocenters. The van der Waals surface area contributed by atoms with Gasteiger partial charge in [-0.25, -0.2) is 0 Å². The second-order valence-corrected chi connectivity index (χ2v) is 7.09. The number of nitrogens with one attached hydrogen (secondary N) is 2. The summed E-state index contributed by atoms with van der Waals surface area (Å²) in [5, 5.41) is 5.62. The molecule has 160 valence electrons. The maximum atomic E-state index is 12.1. The van der Waals surface area contributed by atoms with Gasteiger partial charge in [0.05, 0.1) is 17.3 Å². The van der Waals surface area contributed by atoms with E-state index >= 15 is 0 Å². The number of amides is 2. The standard InChI is InChI=1S/C21H22Cl2N2O5/c1-2-3-10-29-16-7-4-14(5-8-16)21(28)24-12-20(27)30-13-19(26)25-18-11-15(22)6-9-17(18)23/h4-9,11H,2-3,10,12-13H2,1H3,(H,24,28)(H,25,26). The summed E-state index contributed by atoms with van der Waals surface area (Å²) in [5.74, 6) is -1.11. The number of carbonyl (C=O) groups excluding carboxylic acids is 3. The maximum absolute atomic E-state index is 12.1. The Morgan fingerprint density at radius 1 is 1.03 bits per heavy atom. The number of hydrogen-bond acceptors (Lipinski definition) is 5. The minimum Gasteiger partial charge on any atom is -0.494 e. The van der Waals surface area contributed by atoms with Crippen LogP contribution in [-0.2, 0) is 14.3 Å². The van der Waals surface area contributed by atoms with Gasteiger partial charge in [0.25, 0.3) is 11.8 Å². The van der Waals surface area contributed by atoms with E-state index in [0.29, 0.717) is 33.7 Å². The van der Waals surface area contributed by atoms with Crippen molar-refractivity contribution in [3.05, 3.63) is 58.1 Å². The second-order valence-electron chi connectivity index (χ2n) is 6.24. The smallest absolute Gasteiger partial charge is 0.325 e. The highest BCUT2D eigenvalue weighted by atomic mass is 35.5. The van der Waals surface area contributed by atoms with Crippen molar-refractivity contribution in [1.82, 2.24) is 5.32 Å². The van der Waals surface area contributed by atoms with Gasteiger partial charge in [0.1, 0.15) is 12.3 Å². The van der Waals surface area contributed by atoms with Crippen LogP contribution in [0.25, 0.3) is 0 Å². The molecule has 2 N–H and O–H groups in total. The lowest BCUT2D eigenvalue weighted by Gasteiger charge is -2.09. The molecule has 0 aromatic heterocycles. The maximum Gasteiger partial charge on any atom is 0.325 e. The van der Waals surface area contributed by atoms with Gasteiger partial charge in [-0.3, -0.25) is 14.4 Å². The summed E-state index contributed by atoms with van der Waals surface area (Å²) in [5.41, 5.74) is 0.680. The van der Waals surface area contributed by atoms with Crippen LogP contribution in [0.15, 0.2) is 42.5 Å². The zero-order valence-corrected chi connectivity index (χ0v) is 17.9. The summed E-state index contributed by atoms with van der Waals surface area (Å²) in [6.45, 7) is 1.79. The van der Waals surface area contributed by atoms with Gasteiger partial charge in [0.2, 0.25) is 0 Å². The summed E-state index contributed by atoms with van der Waals surface area (Å²) < 4.78 is 10.4. The first-order valence-electron chi connectivity index (χ1n) is 9.30. The van der Waals surface area contributed by atoms with Gasteiger partial charge in [-0.05, 0) is 48.9 Å². The average Bonchev–Trinajstić information content (AvgIpc) is 2.74. The number of ether oxygens (including phenoxy) is 2. The molecule has 0 saturated carbocycles. The van der Waals surface area contributed by atoms with E-state index in [9.17, 15) is 14.4 Å². The van der Waals surface area contributed by atoms with Crippen molar-refractivity contribution in [2.45, 2.75) is 19.8 Å². The fraction of sp³-hybridized carbons (Fsp3) is 0.286. The summed E-state index contributed by atoms with van der Waals surface area (Å²) in [4.78, 5) is 35.8. The first kappa shape index (κ1) is 23.5. The van der Waals surface area contributed by atoms with Gasteiger partial charge in [-0.2, -0.15) is 0 Å². The topological polar surface area (TPSA) is 93.7 Å². The predicted octanol–water partition coefficient (Wildman–Crippen LogP) is 4.08. The van der Waals surface area contributed by atoms with Gasteiger partial charge >= 0.3 is 5.97 Å². The molecule has 0 spiro atoms. The van der Waals surface area contributed by atoms with Crippen molar-refractivity contribution in [3.63, 3.8) is 0 Å². The lowest BCUT2D eigenvalue weighted by atomic mass is 10.2. The number of anilines is 1. The summed E-state index contributed by atoms with van der Waals surface area (Å²) in [6.07, 6.45) is 1.99. The van der Waals surface area contributed by atoms with Crippen LogP contribution in [0.4, 0.5) is 5.69 Å². The lowest BCUT2D eigenvalue weighted by molar-refractivity contribution is -0.146. The summed E-state index contributed by atoms with van der Waals surface area (Å²) >= 11 is 11.8. The third kappa shape index (κ3) is 7.93. The number of carbonyl (C=O) groups is 3. The zero-order valence-electron chi connectivity index (χ0n) is 16.4. The van der Waals surface area contributed by atoms with Gasteiger partial charge < -0.3 is 20.1 Å². The van der Waals surface area contributed by atoms with Gasteiger partial charge in [0.15, 0.2) is 6.61 Å². The van der Waals surface area contributed by atoms with Crippen LogP contribution < -0.4 is 15.4 Å². The molecule has 2 aromatic carbocycles. The average molecular weight is 453 g/mol. The molecule has 2 rings (SSSR count). The highest BCUT2D eigenvalue weighted by Crippen LogP contribution is 2.25. The van der Waals surface area contributed by atoms with E-state index in [1.54, 1.807) is 30.3 Å². The monoisotopic (exact) mass is 452 g/mol. The van der Waals surface area contributed by atoms with E-state index in [0.717, 1.165) is 12.8 Å².